The number of nitrogens with one attached hydrogen (secondary N) is 1. The second kappa shape index (κ2) is 8.51. The van der Waals surface area contributed by atoms with Crippen LogP contribution in [0.3, 0.4) is 0 Å². The van der Waals surface area contributed by atoms with E-state index in [0.717, 1.165) is 39.1 Å². The van der Waals surface area contributed by atoms with E-state index < -0.39 is 11.9 Å². The number of aromatic amines is 1. The summed E-state index contributed by atoms with van der Waals surface area (Å²) in [6.07, 6.45) is 5.17. The summed E-state index contributed by atoms with van der Waals surface area (Å²) in [5.41, 5.74) is 13.4. The molecule has 1 atom stereocenters. The van der Waals surface area contributed by atoms with Gasteiger partial charge < -0.3 is 10.7 Å². The molecule has 0 radical (unpaired) electrons. The zero-order valence-corrected chi connectivity index (χ0v) is 19.0. The van der Waals surface area contributed by atoms with Gasteiger partial charge in [-0.3, -0.25) is 24.6 Å². The highest BCUT2D eigenvalue weighted by atomic mass is 16.1. The van der Waals surface area contributed by atoms with Gasteiger partial charge >= 0.3 is 0 Å². The third-order valence-electron chi connectivity index (χ3n) is 5.64. The number of hydrogen-bond donors (Lipinski definition) is 2. The van der Waals surface area contributed by atoms with E-state index in [0.29, 0.717) is 11.6 Å². The number of likely N-dealkylation sites (N-methyl/N-ethyl adjacent to an activating group) is 1. The third-order valence-corrected chi connectivity index (χ3v) is 5.64. The van der Waals surface area contributed by atoms with Crippen molar-refractivity contribution in [2.45, 2.75) is 32.7 Å². The number of benzene rings is 1. The third kappa shape index (κ3) is 3.99. The smallest absolute Gasteiger partial charge is 0.241 e. The van der Waals surface area contributed by atoms with Crippen molar-refractivity contribution in [1.82, 2.24) is 24.8 Å². The monoisotopic (exact) mass is 428 g/mol. The van der Waals surface area contributed by atoms with Crippen LogP contribution in [0.2, 0.25) is 0 Å². The maximum Gasteiger partial charge on any atom is 0.241 e. The number of nitrogens with two attached hydrogens (primary N) is 1. The average Bonchev–Trinajstić information content (AvgIpc) is 3.13. The van der Waals surface area contributed by atoms with Gasteiger partial charge in [0.25, 0.3) is 0 Å². The summed E-state index contributed by atoms with van der Waals surface area (Å²) in [5.74, 6) is -0.126. The van der Waals surface area contributed by atoms with Gasteiger partial charge in [0.05, 0.1) is 29.5 Å². The van der Waals surface area contributed by atoms with E-state index in [1.807, 2.05) is 25.3 Å². The Balaban J connectivity index is 1.78. The van der Waals surface area contributed by atoms with E-state index in [9.17, 15) is 4.79 Å². The highest BCUT2D eigenvalue weighted by Gasteiger charge is 2.22. The molecule has 0 fully saturated rings. The van der Waals surface area contributed by atoms with Gasteiger partial charge in [-0.25, -0.2) is 0 Å². The molecule has 7 nitrogen and oxygen atoms in total. The van der Waals surface area contributed by atoms with Crippen molar-refractivity contribution >= 4 is 16.8 Å². The van der Waals surface area contributed by atoms with E-state index in [2.05, 4.69) is 52.0 Å². The normalized spacial score (nSPS) is 12.6. The summed E-state index contributed by atoms with van der Waals surface area (Å²) in [6, 6.07) is 9.79. The van der Waals surface area contributed by atoms with Crippen LogP contribution in [0.25, 0.3) is 33.4 Å². The van der Waals surface area contributed by atoms with Gasteiger partial charge in [-0.1, -0.05) is 19.9 Å². The first-order valence-corrected chi connectivity index (χ1v) is 10.6. The van der Waals surface area contributed by atoms with Crippen LogP contribution >= 0.6 is 0 Å². The number of nitrogens with zero attached hydrogens (tertiary/aromatic N) is 4. The zero-order chi connectivity index (χ0) is 23.0. The van der Waals surface area contributed by atoms with Crippen molar-refractivity contribution < 1.29 is 4.79 Å². The standard InChI is InChI=1S/C25H28N6O/c1-14(2)22-18-11-16(20-12-29-21(13-28-20)24(25(26)32)31(4)5)6-7-19(18)30-23(22)17-8-9-27-15(3)10-17/h6-14,24,30H,1-5H3,(H2,26,32). The van der Waals surface area contributed by atoms with Gasteiger partial charge in [-0.05, 0) is 56.8 Å². The Hall–Kier alpha value is -3.58. The number of fused-ring (bicyclic) bond motifs is 1. The second-order valence-electron chi connectivity index (χ2n) is 8.61. The maximum absolute atomic E-state index is 11.8. The van der Waals surface area contributed by atoms with Crippen LogP contribution < -0.4 is 5.73 Å². The lowest BCUT2D eigenvalue weighted by molar-refractivity contribution is -0.122. The van der Waals surface area contributed by atoms with Crippen LogP contribution in [0.5, 0.6) is 0 Å². The largest absolute Gasteiger partial charge is 0.368 e. The molecular formula is C25H28N6O. The van der Waals surface area contributed by atoms with Crippen LogP contribution in [-0.2, 0) is 4.79 Å². The molecule has 1 aromatic carbocycles. The first kappa shape index (κ1) is 21.6. The number of carbonyl (C=O) groups excluding carboxylic acids is 1. The molecule has 0 aliphatic rings. The molecule has 4 aromatic rings. The minimum absolute atomic E-state index is 0.326. The highest BCUT2D eigenvalue weighted by molar-refractivity contribution is 5.94. The first-order chi connectivity index (χ1) is 15.3. The number of aryl methyl sites for hydroxylation is 1. The SMILES string of the molecule is Cc1cc(-c2[nH]c3ccc(-c4cnc(C(C(N)=O)N(C)C)cn4)cc3c2C(C)C)ccn1. The molecule has 0 aliphatic heterocycles. The molecule has 0 aliphatic carbocycles. The predicted octanol–water partition coefficient (Wildman–Crippen LogP) is 4.21. The van der Waals surface area contributed by atoms with Crippen LogP contribution in [0, 0.1) is 6.92 Å². The lowest BCUT2D eigenvalue weighted by Gasteiger charge is -2.20. The van der Waals surface area contributed by atoms with Crippen molar-refractivity contribution in [3.05, 3.63) is 65.9 Å². The van der Waals surface area contributed by atoms with Crippen molar-refractivity contribution in [3.8, 4) is 22.5 Å². The molecule has 0 bridgehead atoms. The van der Waals surface area contributed by atoms with E-state index in [1.165, 1.54) is 5.56 Å². The van der Waals surface area contributed by atoms with Crippen LogP contribution in [-0.4, -0.2) is 44.8 Å². The fraction of sp³-hybridized carbons (Fsp3) is 0.280. The molecule has 1 amide bonds. The van der Waals surface area contributed by atoms with Gasteiger partial charge in [0.1, 0.15) is 6.04 Å². The molecule has 4 rings (SSSR count). The number of primary amides is 1. The van der Waals surface area contributed by atoms with Crippen molar-refractivity contribution in [2.75, 3.05) is 14.1 Å². The van der Waals surface area contributed by atoms with E-state index in [-0.39, 0.29) is 0 Å². The van der Waals surface area contributed by atoms with Gasteiger partial charge in [0, 0.05) is 33.9 Å². The topological polar surface area (TPSA) is 101 Å². The molecule has 7 heteroatoms. The molecule has 0 saturated heterocycles. The summed E-state index contributed by atoms with van der Waals surface area (Å²) < 4.78 is 0. The van der Waals surface area contributed by atoms with Gasteiger partial charge in [-0.15, -0.1) is 0 Å². The minimum Gasteiger partial charge on any atom is -0.368 e. The van der Waals surface area contributed by atoms with E-state index in [4.69, 9.17) is 5.73 Å². The summed E-state index contributed by atoms with van der Waals surface area (Å²) in [5, 5.41) is 1.16. The summed E-state index contributed by atoms with van der Waals surface area (Å²) in [4.78, 5) is 30.5. The Morgan fingerprint density at radius 3 is 2.41 bits per heavy atom. The fourth-order valence-electron chi connectivity index (χ4n) is 4.19. The second-order valence-corrected chi connectivity index (χ2v) is 8.61. The highest BCUT2D eigenvalue weighted by Crippen LogP contribution is 2.37. The Morgan fingerprint density at radius 2 is 1.81 bits per heavy atom. The number of aromatic nitrogens is 4. The maximum atomic E-state index is 11.8. The fourth-order valence-corrected chi connectivity index (χ4v) is 4.19. The van der Waals surface area contributed by atoms with Gasteiger partial charge in [-0.2, -0.15) is 0 Å². The number of amides is 1. The predicted molar refractivity (Wildman–Crippen MR) is 127 cm³/mol. The minimum atomic E-state index is -0.609. The van der Waals surface area contributed by atoms with Crippen molar-refractivity contribution in [2.24, 2.45) is 5.73 Å². The Labute approximate surface area is 187 Å². The molecule has 3 N–H and O–H groups in total. The molecule has 32 heavy (non-hydrogen) atoms. The molecule has 3 heterocycles. The van der Waals surface area contributed by atoms with Gasteiger partial charge in [0.2, 0.25) is 5.91 Å². The molecule has 3 aromatic heterocycles. The number of hydrogen-bond acceptors (Lipinski definition) is 5. The molecular weight excluding hydrogens is 400 g/mol. The molecule has 1 unspecified atom stereocenters. The zero-order valence-electron chi connectivity index (χ0n) is 19.0. The lowest BCUT2D eigenvalue weighted by atomic mass is 9.95. The quantitative estimate of drug-likeness (QED) is 0.479. The van der Waals surface area contributed by atoms with E-state index in [1.54, 1.807) is 31.4 Å². The Kier molecular flexibility index (Phi) is 5.76. The summed E-state index contributed by atoms with van der Waals surface area (Å²) in [7, 11) is 3.58. The van der Waals surface area contributed by atoms with Crippen molar-refractivity contribution in [3.63, 3.8) is 0 Å². The van der Waals surface area contributed by atoms with Gasteiger partial charge in [0.15, 0.2) is 0 Å². The van der Waals surface area contributed by atoms with E-state index >= 15 is 0 Å². The average molecular weight is 429 g/mol. The number of carbonyl (C=O) groups is 1. The van der Waals surface area contributed by atoms with Crippen LogP contribution in [0.15, 0.2) is 48.9 Å². The number of pyridine rings is 1. The Morgan fingerprint density at radius 1 is 1.03 bits per heavy atom. The van der Waals surface area contributed by atoms with Crippen LogP contribution in [0.4, 0.5) is 0 Å². The Bertz CT molecular complexity index is 1270. The lowest BCUT2D eigenvalue weighted by Crippen LogP contribution is -2.33. The number of rotatable bonds is 6. The summed E-state index contributed by atoms with van der Waals surface area (Å²) in [6.45, 7) is 6.40. The molecule has 164 valence electrons. The molecule has 0 saturated carbocycles. The summed E-state index contributed by atoms with van der Waals surface area (Å²) >= 11 is 0. The van der Waals surface area contributed by atoms with Crippen LogP contribution in [0.1, 0.15) is 42.8 Å². The van der Waals surface area contributed by atoms with Crippen molar-refractivity contribution in [1.29, 1.82) is 0 Å². The first-order valence-electron chi connectivity index (χ1n) is 10.6. The molecule has 0 spiro atoms. The number of H-pyrrole nitrogens is 1.